The molecule has 1 aliphatic carbocycles. The number of hydrogen-bond acceptors (Lipinski definition) is 3. The van der Waals surface area contributed by atoms with E-state index in [0.29, 0.717) is 25.7 Å². The fraction of sp³-hybridized carbons (Fsp3) is 0.818. The molecule has 0 aromatic heterocycles. The zero-order valence-corrected chi connectivity index (χ0v) is 9.05. The molecule has 3 nitrogen and oxygen atoms in total. The smallest absolute Gasteiger partial charge is 0.319 e. The minimum Gasteiger partial charge on any atom is -0.468 e. The number of methoxy groups -OCH3 is 1. The minimum atomic E-state index is -1.23. The van der Waals surface area contributed by atoms with Gasteiger partial charge in [0.1, 0.15) is 11.2 Å². The van der Waals surface area contributed by atoms with Crippen LogP contribution in [0.5, 0.6) is 0 Å². The van der Waals surface area contributed by atoms with Crippen LogP contribution >= 0.6 is 0 Å². The third-order valence-electron chi connectivity index (χ3n) is 3.09. The summed E-state index contributed by atoms with van der Waals surface area (Å²) in [4.78, 5) is 23.7. The Kier molecular flexibility index (Phi) is 2.85. The van der Waals surface area contributed by atoms with Crippen LogP contribution in [0, 0.1) is 11.3 Å². The fourth-order valence-electron chi connectivity index (χ4n) is 2.26. The monoisotopic (exact) mass is 199 g/mol. The van der Waals surface area contributed by atoms with Gasteiger partial charge in [0.05, 0.1) is 7.11 Å². The molecule has 3 heteroatoms. The average Bonchev–Trinajstić information content (AvgIpc) is 2.41. The first-order chi connectivity index (χ1) is 6.92. The highest BCUT2D eigenvalue weighted by molar-refractivity contribution is 6.05. The number of ether oxygens (including phenoxy) is 1. The Hall–Kier alpha value is -0.860. The van der Waals surface area contributed by atoms with E-state index >= 15 is 0 Å². The molecule has 0 aromatic carbocycles. The van der Waals surface area contributed by atoms with E-state index in [1.807, 2.05) is 6.92 Å². The summed E-state index contributed by atoms with van der Waals surface area (Å²) in [6, 6.07) is 0. The molecular formula is C11H18O3. The van der Waals surface area contributed by atoms with Gasteiger partial charge in [-0.1, -0.05) is 20.3 Å². The van der Waals surface area contributed by atoms with Crippen LogP contribution in [0.25, 0.3) is 0 Å². The molecule has 0 spiro atoms. The second-order valence-corrected chi connectivity index (χ2v) is 3.85. The van der Waals surface area contributed by atoms with Crippen molar-refractivity contribution in [1.29, 1.82) is 0 Å². The number of rotatable bonds is 3. The van der Waals surface area contributed by atoms with Crippen molar-refractivity contribution in [2.24, 2.45) is 11.3 Å². The lowest BCUT2D eigenvalue weighted by Gasteiger charge is -2.28. The predicted molar refractivity (Wildman–Crippen MR) is 52.8 cm³/mol. The minimum absolute atomic E-state index is 0.131. The molecule has 14 heavy (non-hydrogen) atoms. The summed E-state index contributed by atoms with van der Waals surface area (Å²) in [5.74, 6) is -1.69. The SMILES string of the molecule is [2H]C1(C)CCC(=O)C1(CCC)C(=O)OC. The van der Waals surface area contributed by atoms with Crippen LogP contribution < -0.4 is 0 Å². The highest BCUT2D eigenvalue weighted by Crippen LogP contribution is 2.44. The van der Waals surface area contributed by atoms with E-state index in [1.165, 1.54) is 7.11 Å². The summed E-state index contributed by atoms with van der Waals surface area (Å²) < 4.78 is 12.9. The number of carbonyl (C=O) groups excluding carboxylic acids is 2. The molecule has 0 heterocycles. The van der Waals surface area contributed by atoms with Gasteiger partial charge in [-0.05, 0) is 18.7 Å². The molecule has 1 fully saturated rings. The van der Waals surface area contributed by atoms with Gasteiger partial charge in [-0.25, -0.2) is 0 Å². The van der Waals surface area contributed by atoms with Gasteiger partial charge in [0.25, 0.3) is 0 Å². The highest BCUT2D eigenvalue weighted by Gasteiger charge is 2.53. The van der Waals surface area contributed by atoms with Gasteiger partial charge >= 0.3 is 5.97 Å². The van der Waals surface area contributed by atoms with Crippen LogP contribution in [0.15, 0.2) is 0 Å². The van der Waals surface area contributed by atoms with Crippen LogP contribution in [-0.2, 0) is 14.3 Å². The second kappa shape index (κ2) is 4.11. The van der Waals surface area contributed by atoms with Crippen molar-refractivity contribution in [1.82, 2.24) is 0 Å². The van der Waals surface area contributed by atoms with Gasteiger partial charge in [-0.15, -0.1) is 0 Å². The average molecular weight is 199 g/mol. The van der Waals surface area contributed by atoms with Crippen LogP contribution in [-0.4, -0.2) is 18.9 Å². The predicted octanol–water partition coefficient (Wildman–Crippen LogP) is 1.94. The first-order valence-corrected chi connectivity index (χ1v) is 5.04. The van der Waals surface area contributed by atoms with E-state index in [2.05, 4.69) is 0 Å². The first-order valence-electron chi connectivity index (χ1n) is 5.54. The van der Waals surface area contributed by atoms with E-state index < -0.39 is 17.3 Å². The van der Waals surface area contributed by atoms with Crippen molar-refractivity contribution in [2.45, 2.75) is 39.5 Å². The Bertz CT molecular complexity index is 286. The lowest BCUT2D eigenvalue weighted by molar-refractivity contribution is -0.159. The van der Waals surface area contributed by atoms with Crippen LogP contribution in [0.4, 0.5) is 0 Å². The summed E-state index contributed by atoms with van der Waals surface area (Å²) in [6.45, 7) is 3.57. The van der Waals surface area contributed by atoms with Gasteiger partial charge in [-0.2, -0.15) is 0 Å². The molecule has 2 atom stereocenters. The van der Waals surface area contributed by atoms with Crippen molar-refractivity contribution in [3.05, 3.63) is 0 Å². The Morgan fingerprint density at radius 2 is 2.43 bits per heavy atom. The van der Waals surface area contributed by atoms with Crippen molar-refractivity contribution >= 4 is 11.8 Å². The molecular weight excluding hydrogens is 180 g/mol. The molecule has 1 saturated carbocycles. The third kappa shape index (κ3) is 1.45. The third-order valence-corrected chi connectivity index (χ3v) is 3.09. The number of esters is 1. The van der Waals surface area contributed by atoms with Gasteiger partial charge in [0.2, 0.25) is 0 Å². The normalized spacial score (nSPS) is 38.2. The van der Waals surface area contributed by atoms with Gasteiger partial charge in [0, 0.05) is 7.79 Å². The van der Waals surface area contributed by atoms with E-state index in [1.54, 1.807) is 6.92 Å². The number of carbonyl (C=O) groups is 2. The standard InChI is InChI=1S/C11H18O3/c1-4-7-11(10(13)14-3)8(2)5-6-9(11)12/h8H,4-7H2,1-3H3/i8D. The molecule has 1 rings (SSSR count). The summed E-state index contributed by atoms with van der Waals surface area (Å²) >= 11 is 0. The highest BCUT2D eigenvalue weighted by atomic mass is 16.5. The topological polar surface area (TPSA) is 43.4 Å². The van der Waals surface area contributed by atoms with E-state index in [0.717, 1.165) is 0 Å². The largest absolute Gasteiger partial charge is 0.468 e. The number of Topliss-reactive ketones (excluding diaryl/α,β-unsaturated/α-hetero) is 1. The molecule has 0 aliphatic heterocycles. The van der Waals surface area contributed by atoms with Crippen molar-refractivity contribution in [3.63, 3.8) is 0 Å². The maximum absolute atomic E-state index is 11.9. The van der Waals surface area contributed by atoms with Crippen LogP contribution in [0.1, 0.15) is 40.9 Å². The Labute approximate surface area is 86.2 Å². The molecule has 1 aliphatic rings. The van der Waals surface area contributed by atoms with Crippen molar-refractivity contribution < 1.29 is 15.7 Å². The Morgan fingerprint density at radius 3 is 2.79 bits per heavy atom. The second-order valence-electron chi connectivity index (χ2n) is 3.85. The van der Waals surface area contributed by atoms with Crippen molar-refractivity contribution in [2.75, 3.05) is 7.11 Å². The molecule has 0 radical (unpaired) electrons. The van der Waals surface area contributed by atoms with Crippen LogP contribution in [0.2, 0.25) is 0 Å². The molecule has 80 valence electrons. The van der Waals surface area contributed by atoms with E-state index in [4.69, 9.17) is 6.11 Å². The molecule has 2 unspecified atom stereocenters. The maximum atomic E-state index is 11.9. The summed E-state index contributed by atoms with van der Waals surface area (Å²) in [5.41, 5.74) is -1.23. The van der Waals surface area contributed by atoms with Crippen LogP contribution in [0.3, 0.4) is 0 Å². The molecule has 0 bridgehead atoms. The summed E-state index contributed by atoms with van der Waals surface area (Å²) in [7, 11) is 1.28. The molecule has 0 N–H and O–H groups in total. The molecule has 0 amide bonds. The van der Waals surface area contributed by atoms with Crippen molar-refractivity contribution in [3.8, 4) is 0 Å². The lowest BCUT2D eigenvalue weighted by atomic mass is 9.74. The summed E-state index contributed by atoms with van der Waals surface area (Å²) in [6.07, 6.45) is 1.88. The summed E-state index contributed by atoms with van der Waals surface area (Å²) in [5, 5.41) is 0. The van der Waals surface area contributed by atoms with E-state index in [-0.39, 0.29) is 5.78 Å². The zero-order valence-electron chi connectivity index (χ0n) is 10.1. The van der Waals surface area contributed by atoms with Gasteiger partial charge < -0.3 is 4.74 Å². The quantitative estimate of drug-likeness (QED) is 0.515. The zero-order chi connectivity index (χ0) is 11.7. The Morgan fingerprint density at radius 1 is 1.79 bits per heavy atom. The maximum Gasteiger partial charge on any atom is 0.319 e. The van der Waals surface area contributed by atoms with Gasteiger partial charge in [-0.3, -0.25) is 9.59 Å². The van der Waals surface area contributed by atoms with Gasteiger partial charge in [0.15, 0.2) is 0 Å². The Balaban J connectivity index is 3.18. The first kappa shape index (κ1) is 9.69. The fourth-order valence-corrected chi connectivity index (χ4v) is 2.26. The molecule has 0 aromatic rings. The van der Waals surface area contributed by atoms with E-state index in [9.17, 15) is 9.59 Å². The number of hydrogen-bond donors (Lipinski definition) is 0. The lowest BCUT2D eigenvalue weighted by Crippen LogP contribution is -2.40. The molecule has 0 saturated heterocycles. The number of ketones is 1.